The first kappa shape index (κ1) is 11.0. The van der Waals surface area contributed by atoms with Crippen LogP contribution in [0.15, 0.2) is 47.1 Å². The summed E-state index contributed by atoms with van der Waals surface area (Å²) < 4.78 is 7.54. The van der Waals surface area contributed by atoms with Gasteiger partial charge < -0.3 is 10.2 Å². The highest BCUT2D eigenvalue weighted by molar-refractivity contribution is 7.71. The van der Waals surface area contributed by atoms with Crippen LogP contribution in [-0.4, -0.2) is 9.55 Å². The lowest BCUT2D eigenvalue weighted by Gasteiger charge is -2.11. The molecule has 0 radical (unpaired) electrons. The van der Waals surface area contributed by atoms with Gasteiger partial charge in [0, 0.05) is 5.39 Å². The zero-order valence-corrected chi connectivity index (χ0v) is 10.4. The maximum atomic E-state index is 6.15. The highest BCUT2D eigenvalue weighted by Gasteiger charge is 2.07. The fraction of sp³-hybridized carbons (Fsp3) is 0.0769. The minimum absolute atomic E-state index is 0.461. The Hall–Kier alpha value is -2.14. The summed E-state index contributed by atoms with van der Waals surface area (Å²) in [6.45, 7) is 0.496. The maximum Gasteiger partial charge on any atom is 0.202 e. The Balaban J connectivity index is 2.20. The van der Waals surface area contributed by atoms with E-state index in [0.29, 0.717) is 17.1 Å². The fourth-order valence-corrected chi connectivity index (χ4v) is 2.17. The highest BCUT2D eigenvalue weighted by Crippen LogP contribution is 2.20. The Kier molecular flexibility index (Phi) is 2.60. The molecule has 0 saturated heterocycles. The van der Waals surface area contributed by atoms with Gasteiger partial charge in [0.2, 0.25) is 4.77 Å². The molecule has 3 aromatic rings. The van der Waals surface area contributed by atoms with E-state index < -0.39 is 0 Å². The molecule has 0 aliphatic heterocycles. The van der Waals surface area contributed by atoms with E-state index in [-0.39, 0.29) is 0 Å². The molecular formula is C13H11N3OS. The molecule has 0 spiro atoms. The first-order chi connectivity index (χ1) is 8.75. The van der Waals surface area contributed by atoms with Gasteiger partial charge in [0.1, 0.15) is 11.6 Å². The van der Waals surface area contributed by atoms with Crippen LogP contribution in [0.2, 0.25) is 0 Å². The zero-order chi connectivity index (χ0) is 12.5. The number of furan rings is 1. The first-order valence-corrected chi connectivity index (χ1v) is 5.94. The zero-order valence-electron chi connectivity index (χ0n) is 9.54. The van der Waals surface area contributed by atoms with Crippen LogP contribution >= 0.6 is 12.2 Å². The topological polar surface area (TPSA) is 57.0 Å². The molecule has 0 amide bonds. The Morgan fingerprint density at radius 3 is 2.83 bits per heavy atom. The minimum Gasteiger partial charge on any atom is -0.467 e. The summed E-state index contributed by atoms with van der Waals surface area (Å²) in [7, 11) is 0. The number of benzene rings is 1. The van der Waals surface area contributed by atoms with Gasteiger partial charge in [-0.1, -0.05) is 12.1 Å². The van der Waals surface area contributed by atoms with Crippen LogP contribution < -0.4 is 5.73 Å². The van der Waals surface area contributed by atoms with Crippen LogP contribution in [0.3, 0.4) is 0 Å². The first-order valence-electron chi connectivity index (χ1n) is 5.53. The normalized spacial score (nSPS) is 10.9. The van der Waals surface area contributed by atoms with Crippen LogP contribution in [0.25, 0.3) is 10.9 Å². The van der Waals surface area contributed by atoms with Gasteiger partial charge in [0.05, 0.1) is 18.3 Å². The van der Waals surface area contributed by atoms with Crippen molar-refractivity contribution in [2.75, 3.05) is 5.73 Å². The van der Waals surface area contributed by atoms with Gasteiger partial charge in [0.15, 0.2) is 0 Å². The van der Waals surface area contributed by atoms with Crippen molar-refractivity contribution in [1.29, 1.82) is 0 Å². The van der Waals surface area contributed by atoms with Crippen LogP contribution in [0.1, 0.15) is 5.76 Å². The Morgan fingerprint density at radius 2 is 2.06 bits per heavy atom. The Bertz CT molecular complexity index is 747. The van der Waals surface area contributed by atoms with Gasteiger partial charge in [-0.25, -0.2) is 4.98 Å². The number of nitrogens with two attached hydrogens (primary N) is 1. The lowest BCUT2D eigenvalue weighted by molar-refractivity contribution is 0.492. The Morgan fingerprint density at radius 1 is 1.22 bits per heavy atom. The summed E-state index contributed by atoms with van der Waals surface area (Å²) in [6.07, 6.45) is 1.63. The van der Waals surface area contributed by atoms with Crippen LogP contribution in [0, 0.1) is 4.77 Å². The SMILES string of the molecule is Nc1c2ccccc2nc(=S)n1Cc1ccco1. The molecule has 0 atom stereocenters. The smallest absolute Gasteiger partial charge is 0.202 e. The molecule has 2 heterocycles. The van der Waals surface area contributed by atoms with Crippen molar-refractivity contribution in [1.82, 2.24) is 9.55 Å². The summed E-state index contributed by atoms with van der Waals surface area (Å²) in [5.74, 6) is 1.41. The third kappa shape index (κ3) is 1.78. The second kappa shape index (κ2) is 4.27. The van der Waals surface area contributed by atoms with Crippen molar-refractivity contribution in [2.45, 2.75) is 6.54 Å². The van der Waals surface area contributed by atoms with Crippen LogP contribution in [-0.2, 0) is 6.54 Å². The van der Waals surface area contributed by atoms with Crippen LogP contribution in [0.5, 0.6) is 0 Å². The van der Waals surface area contributed by atoms with Crippen LogP contribution in [0.4, 0.5) is 5.82 Å². The second-order valence-electron chi connectivity index (χ2n) is 3.96. The summed E-state index contributed by atoms with van der Waals surface area (Å²) in [5.41, 5.74) is 6.97. The summed E-state index contributed by atoms with van der Waals surface area (Å²) >= 11 is 5.27. The van der Waals surface area contributed by atoms with E-state index in [4.69, 9.17) is 22.4 Å². The molecule has 5 heteroatoms. The monoisotopic (exact) mass is 257 g/mol. The predicted octanol–water partition coefficient (Wildman–Crippen LogP) is 2.99. The standard InChI is InChI=1S/C13H11N3OS/c14-12-10-5-1-2-6-11(10)15-13(18)16(12)8-9-4-3-7-17-9/h1-7H,8,14H2. The number of para-hydroxylation sites is 1. The van der Waals surface area contributed by atoms with Crippen molar-refractivity contribution in [3.8, 4) is 0 Å². The summed E-state index contributed by atoms with van der Waals surface area (Å²) in [5, 5.41) is 0.901. The quantitative estimate of drug-likeness (QED) is 0.717. The van der Waals surface area contributed by atoms with Crippen molar-refractivity contribution >= 4 is 28.9 Å². The number of hydrogen-bond donors (Lipinski definition) is 1. The van der Waals surface area contributed by atoms with Crippen molar-refractivity contribution in [3.63, 3.8) is 0 Å². The molecule has 0 bridgehead atoms. The molecule has 2 N–H and O–H groups in total. The average Bonchev–Trinajstić information content (AvgIpc) is 2.87. The van der Waals surface area contributed by atoms with Gasteiger partial charge in [0.25, 0.3) is 0 Å². The predicted molar refractivity (Wildman–Crippen MR) is 72.8 cm³/mol. The number of nitrogens with zero attached hydrogens (tertiary/aromatic N) is 2. The van der Waals surface area contributed by atoms with Gasteiger partial charge in [-0.2, -0.15) is 0 Å². The molecular weight excluding hydrogens is 246 g/mol. The number of fused-ring (bicyclic) bond motifs is 1. The molecule has 4 nitrogen and oxygen atoms in total. The summed E-state index contributed by atoms with van der Waals surface area (Å²) in [6, 6.07) is 11.4. The van der Waals surface area contributed by atoms with E-state index in [1.165, 1.54) is 0 Å². The van der Waals surface area contributed by atoms with E-state index in [1.807, 2.05) is 36.4 Å². The largest absolute Gasteiger partial charge is 0.467 e. The third-order valence-corrected chi connectivity index (χ3v) is 3.12. The molecule has 0 unspecified atom stereocenters. The fourth-order valence-electron chi connectivity index (χ4n) is 1.91. The number of aromatic nitrogens is 2. The van der Waals surface area contributed by atoms with Gasteiger partial charge in [-0.3, -0.25) is 4.57 Å². The molecule has 18 heavy (non-hydrogen) atoms. The van der Waals surface area contributed by atoms with E-state index in [2.05, 4.69) is 4.98 Å². The highest BCUT2D eigenvalue weighted by atomic mass is 32.1. The Labute approximate surface area is 109 Å². The number of anilines is 1. The van der Waals surface area contributed by atoms with E-state index in [0.717, 1.165) is 16.7 Å². The second-order valence-corrected chi connectivity index (χ2v) is 4.33. The molecule has 1 aromatic carbocycles. The van der Waals surface area contributed by atoms with E-state index in [9.17, 15) is 0 Å². The van der Waals surface area contributed by atoms with Gasteiger partial charge >= 0.3 is 0 Å². The number of hydrogen-bond acceptors (Lipinski definition) is 4. The van der Waals surface area contributed by atoms with Gasteiger partial charge in [-0.05, 0) is 36.5 Å². The lowest BCUT2D eigenvalue weighted by atomic mass is 10.2. The molecule has 3 rings (SSSR count). The van der Waals surface area contributed by atoms with Crippen molar-refractivity contribution in [2.24, 2.45) is 0 Å². The van der Waals surface area contributed by atoms with Crippen molar-refractivity contribution < 1.29 is 4.42 Å². The van der Waals surface area contributed by atoms with Gasteiger partial charge in [-0.15, -0.1) is 0 Å². The number of nitrogen functional groups attached to an aromatic ring is 1. The molecule has 90 valence electrons. The third-order valence-electron chi connectivity index (χ3n) is 2.81. The maximum absolute atomic E-state index is 6.15. The average molecular weight is 257 g/mol. The van der Waals surface area contributed by atoms with Crippen molar-refractivity contribution in [3.05, 3.63) is 53.2 Å². The molecule has 0 aliphatic carbocycles. The molecule has 0 aliphatic rings. The minimum atomic E-state index is 0.461. The molecule has 0 fully saturated rings. The summed E-state index contributed by atoms with van der Waals surface area (Å²) in [4.78, 5) is 4.37. The number of rotatable bonds is 2. The molecule has 0 saturated carbocycles. The lowest BCUT2D eigenvalue weighted by Crippen LogP contribution is -2.10. The van der Waals surface area contributed by atoms with E-state index in [1.54, 1.807) is 10.8 Å². The molecule has 2 aromatic heterocycles. The van der Waals surface area contributed by atoms with E-state index >= 15 is 0 Å².